The number of hydrogen-bond donors (Lipinski definition) is 1. The molecule has 0 aromatic heterocycles. The van der Waals surface area contributed by atoms with Crippen LogP contribution in [0.5, 0.6) is 17.2 Å². The summed E-state index contributed by atoms with van der Waals surface area (Å²) in [4.78, 5) is 12.0. The Hall–Kier alpha value is -3.51. The summed E-state index contributed by atoms with van der Waals surface area (Å²) in [7, 11) is 1.57. The fraction of sp³-hybridized carbons (Fsp3) is 0.200. The zero-order valence-corrected chi connectivity index (χ0v) is 19.0. The highest BCUT2D eigenvalue weighted by molar-refractivity contribution is 6.30. The third-order valence-corrected chi connectivity index (χ3v) is 4.91. The number of nitrogens with one attached hydrogen (secondary N) is 1. The Morgan fingerprint density at radius 2 is 1.72 bits per heavy atom. The molecule has 1 N–H and O–H groups in total. The van der Waals surface area contributed by atoms with Crippen molar-refractivity contribution in [1.82, 2.24) is 5.43 Å². The van der Waals surface area contributed by atoms with Crippen LogP contribution >= 0.6 is 11.6 Å². The van der Waals surface area contributed by atoms with Crippen LogP contribution in [-0.2, 0) is 11.4 Å². The average Bonchev–Trinajstić information content (AvgIpc) is 2.78. The van der Waals surface area contributed by atoms with E-state index < -0.39 is 0 Å². The van der Waals surface area contributed by atoms with E-state index in [-0.39, 0.29) is 12.5 Å². The van der Waals surface area contributed by atoms with Gasteiger partial charge in [-0.2, -0.15) is 5.10 Å². The minimum absolute atomic E-state index is 0.121. The molecule has 7 heteroatoms. The molecule has 3 aromatic rings. The van der Waals surface area contributed by atoms with Gasteiger partial charge in [-0.1, -0.05) is 41.9 Å². The monoisotopic (exact) mass is 452 g/mol. The quantitative estimate of drug-likeness (QED) is 0.363. The SMILES string of the molecule is COc1cc(C=NNC(=O)COc2c(C)cccc2C)ccc1OCc1ccc(Cl)cc1. The summed E-state index contributed by atoms with van der Waals surface area (Å²) >= 11 is 5.91. The van der Waals surface area contributed by atoms with Gasteiger partial charge in [0.1, 0.15) is 12.4 Å². The Labute approximate surface area is 192 Å². The molecule has 0 radical (unpaired) electrons. The number of ether oxygens (including phenoxy) is 3. The smallest absolute Gasteiger partial charge is 0.277 e. The first-order chi connectivity index (χ1) is 15.5. The molecule has 1 amide bonds. The van der Waals surface area contributed by atoms with Gasteiger partial charge in [-0.15, -0.1) is 0 Å². The third kappa shape index (κ3) is 6.49. The Bertz CT molecular complexity index is 1080. The van der Waals surface area contributed by atoms with Crippen molar-refractivity contribution in [1.29, 1.82) is 0 Å². The first-order valence-corrected chi connectivity index (χ1v) is 10.4. The van der Waals surface area contributed by atoms with Crippen LogP contribution in [0.1, 0.15) is 22.3 Å². The molecular formula is C25H25ClN2O4. The molecular weight excluding hydrogens is 428 g/mol. The minimum Gasteiger partial charge on any atom is -0.493 e. The van der Waals surface area contributed by atoms with Crippen molar-refractivity contribution in [2.45, 2.75) is 20.5 Å². The highest BCUT2D eigenvalue weighted by atomic mass is 35.5. The van der Waals surface area contributed by atoms with E-state index in [0.29, 0.717) is 28.9 Å². The lowest BCUT2D eigenvalue weighted by atomic mass is 10.1. The summed E-state index contributed by atoms with van der Waals surface area (Å²) in [5.74, 6) is 1.53. The number of carbonyl (C=O) groups excluding carboxylic acids is 1. The number of aryl methyl sites for hydroxylation is 2. The highest BCUT2D eigenvalue weighted by Crippen LogP contribution is 2.28. The average molecular weight is 453 g/mol. The maximum atomic E-state index is 12.0. The molecule has 0 spiro atoms. The molecule has 0 aliphatic rings. The van der Waals surface area contributed by atoms with Crippen molar-refractivity contribution in [2.75, 3.05) is 13.7 Å². The minimum atomic E-state index is -0.348. The Balaban J connectivity index is 1.53. The van der Waals surface area contributed by atoms with Crippen LogP contribution in [0.3, 0.4) is 0 Å². The first kappa shape index (κ1) is 23.2. The van der Waals surface area contributed by atoms with Gasteiger partial charge in [0.15, 0.2) is 18.1 Å². The summed E-state index contributed by atoms with van der Waals surface area (Å²) in [6.45, 7) is 4.14. The second-order valence-electron chi connectivity index (χ2n) is 7.13. The van der Waals surface area contributed by atoms with Gasteiger partial charge in [0.25, 0.3) is 5.91 Å². The number of hydrazone groups is 1. The number of benzene rings is 3. The summed E-state index contributed by atoms with van der Waals surface area (Å²) in [5.41, 5.74) is 6.16. The molecule has 32 heavy (non-hydrogen) atoms. The second kappa shape index (κ2) is 11.2. The van der Waals surface area contributed by atoms with Crippen molar-refractivity contribution in [3.63, 3.8) is 0 Å². The van der Waals surface area contributed by atoms with Crippen LogP contribution in [0, 0.1) is 13.8 Å². The fourth-order valence-corrected chi connectivity index (χ4v) is 3.13. The number of methoxy groups -OCH3 is 1. The second-order valence-corrected chi connectivity index (χ2v) is 7.56. The fourth-order valence-electron chi connectivity index (χ4n) is 3.00. The molecule has 3 aromatic carbocycles. The van der Waals surface area contributed by atoms with E-state index in [4.69, 9.17) is 25.8 Å². The highest BCUT2D eigenvalue weighted by Gasteiger charge is 2.08. The molecule has 6 nitrogen and oxygen atoms in total. The van der Waals surface area contributed by atoms with E-state index in [2.05, 4.69) is 10.5 Å². The van der Waals surface area contributed by atoms with E-state index in [1.165, 1.54) is 6.21 Å². The van der Waals surface area contributed by atoms with Crippen LogP contribution in [0.25, 0.3) is 0 Å². The molecule has 0 atom stereocenters. The van der Waals surface area contributed by atoms with Crippen molar-refractivity contribution < 1.29 is 19.0 Å². The number of nitrogens with zero attached hydrogens (tertiary/aromatic N) is 1. The van der Waals surface area contributed by atoms with Gasteiger partial charge in [-0.25, -0.2) is 5.43 Å². The lowest BCUT2D eigenvalue weighted by Crippen LogP contribution is -2.25. The first-order valence-electron chi connectivity index (χ1n) is 10.0. The van der Waals surface area contributed by atoms with E-state index in [1.54, 1.807) is 19.2 Å². The zero-order chi connectivity index (χ0) is 22.9. The predicted octanol–water partition coefficient (Wildman–Crippen LogP) is 5.07. The van der Waals surface area contributed by atoms with Gasteiger partial charge in [-0.3, -0.25) is 4.79 Å². The normalized spacial score (nSPS) is 10.8. The van der Waals surface area contributed by atoms with Crippen LogP contribution in [0.2, 0.25) is 5.02 Å². The van der Waals surface area contributed by atoms with E-state index in [1.807, 2.05) is 62.4 Å². The topological polar surface area (TPSA) is 69.2 Å². The van der Waals surface area contributed by atoms with Gasteiger partial charge in [-0.05, 0) is 66.4 Å². The number of halogens is 1. The van der Waals surface area contributed by atoms with Crippen LogP contribution in [-0.4, -0.2) is 25.8 Å². The Morgan fingerprint density at radius 1 is 1.00 bits per heavy atom. The van der Waals surface area contributed by atoms with E-state index in [0.717, 1.165) is 22.3 Å². The number of rotatable bonds is 9. The molecule has 0 aliphatic heterocycles. The molecule has 0 fully saturated rings. The van der Waals surface area contributed by atoms with Crippen LogP contribution in [0.15, 0.2) is 65.8 Å². The predicted molar refractivity (Wildman–Crippen MR) is 126 cm³/mol. The summed E-state index contributed by atoms with van der Waals surface area (Å²) < 4.78 is 16.9. The zero-order valence-electron chi connectivity index (χ0n) is 18.2. The Morgan fingerprint density at radius 3 is 2.41 bits per heavy atom. The van der Waals surface area contributed by atoms with Crippen LogP contribution in [0.4, 0.5) is 0 Å². The molecule has 0 unspecified atom stereocenters. The van der Waals surface area contributed by atoms with Crippen molar-refractivity contribution in [2.24, 2.45) is 5.10 Å². The molecule has 0 heterocycles. The molecule has 0 aliphatic carbocycles. The molecule has 166 valence electrons. The maximum absolute atomic E-state index is 12.0. The lowest BCUT2D eigenvalue weighted by Gasteiger charge is -2.11. The number of amides is 1. The van der Waals surface area contributed by atoms with Gasteiger partial charge in [0, 0.05) is 5.02 Å². The summed E-state index contributed by atoms with van der Waals surface area (Å²) in [5, 5.41) is 4.67. The summed E-state index contributed by atoms with van der Waals surface area (Å²) in [6.07, 6.45) is 1.53. The van der Waals surface area contributed by atoms with Gasteiger partial charge >= 0.3 is 0 Å². The van der Waals surface area contributed by atoms with Crippen molar-refractivity contribution in [3.05, 3.63) is 87.9 Å². The molecule has 0 saturated heterocycles. The molecule has 0 saturated carbocycles. The maximum Gasteiger partial charge on any atom is 0.277 e. The van der Waals surface area contributed by atoms with Crippen LogP contribution < -0.4 is 19.6 Å². The lowest BCUT2D eigenvalue weighted by molar-refractivity contribution is -0.123. The van der Waals surface area contributed by atoms with Crippen molar-refractivity contribution >= 4 is 23.7 Å². The third-order valence-electron chi connectivity index (χ3n) is 4.65. The molecule has 3 rings (SSSR count). The summed E-state index contributed by atoms with van der Waals surface area (Å²) in [6, 6.07) is 18.7. The van der Waals surface area contributed by atoms with Gasteiger partial charge in [0.05, 0.1) is 13.3 Å². The number of carbonyl (C=O) groups is 1. The van der Waals surface area contributed by atoms with Gasteiger partial charge < -0.3 is 14.2 Å². The Kier molecular flexibility index (Phi) is 8.11. The standard InChI is InChI=1S/C25H25ClN2O4/c1-17-5-4-6-18(2)25(17)32-16-24(29)28-27-14-20-9-12-22(23(13-20)30-3)31-15-19-7-10-21(26)11-8-19/h4-14H,15-16H2,1-3H3,(H,28,29). The van der Waals surface area contributed by atoms with Crippen molar-refractivity contribution in [3.8, 4) is 17.2 Å². The number of para-hydroxylation sites is 1. The largest absolute Gasteiger partial charge is 0.493 e. The van der Waals surface area contributed by atoms with E-state index >= 15 is 0 Å². The number of hydrogen-bond acceptors (Lipinski definition) is 5. The molecule has 0 bridgehead atoms. The van der Waals surface area contributed by atoms with E-state index in [9.17, 15) is 4.79 Å². The van der Waals surface area contributed by atoms with Gasteiger partial charge in [0.2, 0.25) is 0 Å².